The van der Waals surface area contributed by atoms with Crippen LogP contribution in [0.15, 0.2) is 36.8 Å². The number of aromatic nitrogens is 3. The minimum absolute atomic E-state index is 0.209. The largest absolute Gasteiger partial charge is 0.487 e. The van der Waals surface area contributed by atoms with Crippen molar-refractivity contribution in [3.63, 3.8) is 0 Å². The summed E-state index contributed by atoms with van der Waals surface area (Å²) >= 11 is 0. The van der Waals surface area contributed by atoms with Crippen molar-refractivity contribution in [2.75, 3.05) is 36.5 Å². The van der Waals surface area contributed by atoms with E-state index < -0.39 is 0 Å². The van der Waals surface area contributed by atoms with Gasteiger partial charge in [0.05, 0.1) is 30.8 Å². The van der Waals surface area contributed by atoms with E-state index in [2.05, 4.69) is 46.3 Å². The summed E-state index contributed by atoms with van der Waals surface area (Å²) in [5, 5.41) is 7.34. The average molecular weight is 407 g/mol. The van der Waals surface area contributed by atoms with Crippen LogP contribution in [0.2, 0.25) is 0 Å². The highest BCUT2D eigenvalue weighted by Gasteiger charge is 2.34. The molecule has 5 rings (SSSR count). The standard InChI is InChI=1S/C22H25N5O3/c1-3-22(2)13-15-11-17(18(12-19(15)30-22)26-7-9-29-10-8-26)25-21(28)16-14-24-27-6-4-5-23-20(16)27/h4-6,11-12,14H,3,7-10,13H2,1-2H3,(H,25,28)/t22-/m0/s1. The van der Waals surface area contributed by atoms with Crippen LogP contribution in [0.1, 0.15) is 36.2 Å². The number of fused-ring (bicyclic) bond motifs is 2. The highest BCUT2D eigenvalue weighted by molar-refractivity contribution is 6.09. The molecule has 1 aromatic carbocycles. The van der Waals surface area contributed by atoms with Crippen LogP contribution in [0.25, 0.3) is 5.65 Å². The van der Waals surface area contributed by atoms with E-state index in [-0.39, 0.29) is 11.5 Å². The molecule has 0 radical (unpaired) electrons. The maximum Gasteiger partial charge on any atom is 0.261 e. The number of hydrogen-bond donors (Lipinski definition) is 1. The number of carbonyl (C=O) groups is 1. The highest BCUT2D eigenvalue weighted by Crippen LogP contribution is 2.43. The Morgan fingerprint density at radius 1 is 1.30 bits per heavy atom. The average Bonchev–Trinajstić information content (AvgIpc) is 3.34. The molecule has 1 atom stereocenters. The van der Waals surface area contributed by atoms with Crippen LogP contribution in [0.3, 0.4) is 0 Å². The number of anilines is 2. The normalized spacial score (nSPS) is 20.8. The van der Waals surface area contributed by atoms with Gasteiger partial charge in [-0.2, -0.15) is 5.10 Å². The quantitative estimate of drug-likeness (QED) is 0.716. The molecule has 156 valence electrons. The zero-order valence-corrected chi connectivity index (χ0v) is 17.2. The van der Waals surface area contributed by atoms with Gasteiger partial charge in [-0.15, -0.1) is 0 Å². The summed E-state index contributed by atoms with van der Waals surface area (Å²) in [7, 11) is 0. The Morgan fingerprint density at radius 3 is 2.93 bits per heavy atom. The number of rotatable bonds is 4. The number of ether oxygens (including phenoxy) is 2. The summed E-state index contributed by atoms with van der Waals surface area (Å²) in [6, 6.07) is 5.90. The van der Waals surface area contributed by atoms with Crippen molar-refractivity contribution in [3.05, 3.63) is 47.9 Å². The van der Waals surface area contributed by atoms with Gasteiger partial charge in [0, 0.05) is 43.5 Å². The van der Waals surface area contributed by atoms with Crippen LogP contribution < -0.4 is 15.0 Å². The van der Waals surface area contributed by atoms with E-state index in [0.717, 1.165) is 48.6 Å². The third kappa shape index (κ3) is 3.27. The summed E-state index contributed by atoms with van der Waals surface area (Å²) in [5.74, 6) is 0.673. The zero-order chi connectivity index (χ0) is 20.7. The van der Waals surface area contributed by atoms with Crippen molar-refractivity contribution in [3.8, 4) is 5.75 Å². The predicted molar refractivity (Wildman–Crippen MR) is 113 cm³/mol. The number of benzene rings is 1. The number of morpholine rings is 1. The fourth-order valence-electron chi connectivity index (χ4n) is 4.09. The molecule has 0 saturated carbocycles. The Labute approximate surface area is 174 Å². The van der Waals surface area contributed by atoms with Crippen LogP contribution in [0.5, 0.6) is 5.75 Å². The number of carbonyl (C=O) groups excluding carboxylic acids is 1. The second-order valence-electron chi connectivity index (χ2n) is 8.06. The van der Waals surface area contributed by atoms with Gasteiger partial charge in [-0.25, -0.2) is 9.50 Å². The number of amides is 1. The monoisotopic (exact) mass is 407 g/mol. The van der Waals surface area contributed by atoms with Gasteiger partial charge in [0.15, 0.2) is 5.65 Å². The van der Waals surface area contributed by atoms with Gasteiger partial charge in [-0.3, -0.25) is 4.79 Å². The van der Waals surface area contributed by atoms with Crippen molar-refractivity contribution in [1.29, 1.82) is 0 Å². The van der Waals surface area contributed by atoms with Gasteiger partial charge in [-0.1, -0.05) is 6.92 Å². The number of nitrogens with one attached hydrogen (secondary N) is 1. The van der Waals surface area contributed by atoms with Crippen LogP contribution in [0, 0.1) is 0 Å². The molecule has 0 bridgehead atoms. The molecule has 0 unspecified atom stereocenters. The fraction of sp³-hybridized carbons (Fsp3) is 0.409. The minimum atomic E-state index is -0.227. The molecule has 4 heterocycles. The Bertz CT molecular complexity index is 1110. The highest BCUT2D eigenvalue weighted by atomic mass is 16.5. The molecule has 2 aromatic heterocycles. The van der Waals surface area contributed by atoms with Crippen molar-refractivity contribution in [1.82, 2.24) is 14.6 Å². The van der Waals surface area contributed by atoms with Crippen molar-refractivity contribution >= 4 is 22.9 Å². The van der Waals surface area contributed by atoms with Crippen molar-refractivity contribution in [2.45, 2.75) is 32.3 Å². The van der Waals surface area contributed by atoms with Crippen LogP contribution >= 0.6 is 0 Å². The molecule has 3 aromatic rings. The van der Waals surface area contributed by atoms with E-state index in [0.29, 0.717) is 24.4 Å². The van der Waals surface area contributed by atoms with Gasteiger partial charge >= 0.3 is 0 Å². The molecule has 0 spiro atoms. The smallest absolute Gasteiger partial charge is 0.261 e. The Balaban J connectivity index is 1.51. The molecular formula is C22H25N5O3. The zero-order valence-electron chi connectivity index (χ0n) is 17.2. The van der Waals surface area contributed by atoms with E-state index in [9.17, 15) is 4.79 Å². The van der Waals surface area contributed by atoms with Gasteiger partial charge in [0.25, 0.3) is 5.91 Å². The van der Waals surface area contributed by atoms with E-state index in [4.69, 9.17) is 9.47 Å². The van der Waals surface area contributed by atoms with Crippen LogP contribution in [0.4, 0.5) is 11.4 Å². The van der Waals surface area contributed by atoms with E-state index in [1.54, 1.807) is 29.2 Å². The Morgan fingerprint density at radius 2 is 2.13 bits per heavy atom. The first-order valence-corrected chi connectivity index (χ1v) is 10.3. The molecule has 8 heteroatoms. The van der Waals surface area contributed by atoms with E-state index in [1.807, 2.05) is 0 Å². The van der Waals surface area contributed by atoms with Gasteiger partial charge in [0.2, 0.25) is 0 Å². The maximum atomic E-state index is 13.1. The van der Waals surface area contributed by atoms with Gasteiger partial charge in [0.1, 0.15) is 16.9 Å². The molecule has 8 nitrogen and oxygen atoms in total. The number of hydrogen-bond acceptors (Lipinski definition) is 6. The van der Waals surface area contributed by atoms with Crippen molar-refractivity contribution in [2.24, 2.45) is 0 Å². The lowest BCUT2D eigenvalue weighted by molar-refractivity contribution is 0.102. The summed E-state index contributed by atoms with van der Waals surface area (Å²) in [5.41, 5.74) is 3.61. The predicted octanol–water partition coefficient (Wildman–Crippen LogP) is 2.92. The molecule has 1 amide bonds. The van der Waals surface area contributed by atoms with E-state index >= 15 is 0 Å². The fourth-order valence-corrected chi connectivity index (χ4v) is 4.09. The van der Waals surface area contributed by atoms with Crippen molar-refractivity contribution < 1.29 is 14.3 Å². The Hall–Kier alpha value is -3.13. The first-order chi connectivity index (χ1) is 14.6. The molecular weight excluding hydrogens is 382 g/mol. The molecule has 1 fully saturated rings. The first-order valence-electron chi connectivity index (χ1n) is 10.3. The molecule has 2 aliphatic heterocycles. The molecule has 30 heavy (non-hydrogen) atoms. The molecule has 0 aliphatic carbocycles. The summed E-state index contributed by atoms with van der Waals surface area (Å²) < 4.78 is 13.4. The lowest BCUT2D eigenvalue weighted by Crippen LogP contribution is -2.36. The molecule has 1 saturated heterocycles. The maximum absolute atomic E-state index is 13.1. The topological polar surface area (TPSA) is 81.0 Å². The first kappa shape index (κ1) is 18.9. The summed E-state index contributed by atoms with van der Waals surface area (Å²) in [6.07, 6.45) is 6.73. The van der Waals surface area contributed by atoms with E-state index in [1.165, 1.54) is 0 Å². The summed E-state index contributed by atoms with van der Waals surface area (Å²) in [6.45, 7) is 7.13. The lowest BCUT2D eigenvalue weighted by atomic mass is 9.96. The Kier molecular flexibility index (Phi) is 4.58. The number of nitrogens with zero attached hydrogens (tertiary/aromatic N) is 4. The summed E-state index contributed by atoms with van der Waals surface area (Å²) in [4.78, 5) is 19.7. The SMILES string of the molecule is CC[C@@]1(C)Cc2cc(NC(=O)c3cnn4cccnc34)c(N3CCOCC3)cc2O1. The van der Waals surface area contributed by atoms with Gasteiger partial charge in [-0.05, 0) is 25.5 Å². The third-order valence-corrected chi connectivity index (χ3v) is 5.97. The second-order valence-corrected chi connectivity index (χ2v) is 8.06. The van der Waals surface area contributed by atoms with Gasteiger partial charge < -0.3 is 19.7 Å². The van der Waals surface area contributed by atoms with Crippen LogP contribution in [-0.4, -0.2) is 52.4 Å². The molecule has 2 aliphatic rings. The molecule has 1 N–H and O–H groups in total. The minimum Gasteiger partial charge on any atom is -0.487 e. The lowest BCUT2D eigenvalue weighted by Gasteiger charge is -2.31. The van der Waals surface area contributed by atoms with Crippen LogP contribution in [-0.2, 0) is 11.2 Å². The second kappa shape index (κ2) is 7.28. The third-order valence-electron chi connectivity index (χ3n) is 5.97.